The van der Waals surface area contributed by atoms with Crippen molar-refractivity contribution in [3.05, 3.63) is 65.2 Å². The molecule has 0 saturated heterocycles. The van der Waals surface area contributed by atoms with Gasteiger partial charge in [-0.05, 0) is 18.6 Å². The Morgan fingerprint density at radius 1 is 1.26 bits per heavy atom. The molecular weight excluding hydrogens is 296 g/mol. The fraction of sp³-hybridized carbons (Fsp3) is 0.118. The van der Waals surface area contributed by atoms with E-state index in [0.717, 1.165) is 5.56 Å². The number of carboxylic acid groups (broad SMARTS) is 1. The van der Waals surface area contributed by atoms with E-state index in [4.69, 9.17) is 9.63 Å². The van der Waals surface area contributed by atoms with Crippen LogP contribution in [-0.2, 0) is 6.42 Å². The number of aromatic amines is 1. The molecule has 116 valence electrons. The van der Waals surface area contributed by atoms with Gasteiger partial charge in [0.15, 0.2) is 5.78 Å². The van der Waals surface area contributed by atoms with Crippen LogP contribution in [0, 0.1) is 6.92 Å². The summed E-state index contributed by atoms with van der Waals surface area (Å²) in [6.45, 7) is 1.69. The molecule has 0 fully saturated rings. The van der Waals surface area contributed by atoms with Gasteiger partial charge in [0.25, 0.3) is 0 Å². The largest absolute Gasteiger partial charge is 0.477 e. The summed E-state index contributed by atoms with van der Waals surface area (Å²) in [6, 6.07) is 10.8. The minimum absolute atomic E-state index is 0.0538. The van der Waals surface area contributed by atoms with Crippen LogP contribution in [-0.4, -0.2) is 27.0 Å². The van der Waals surface area contributed by atoms with Crippen LogP contribution in [0.4, 0.5) is 0 Å². The second-order valence-corrected chi connectivity index (χ2v) is 5.16. The lowest BCUT2D eigenvalue weighted by atomic mass is 9.99. The molecule has 0 aliphatic heterocycles. The summed E-state index contributed by atoms with van der Waals surface area (Å²) in [7, 11) is 0. The third-order valence-corrected chi connectivity index (χ3v) is 3.53. The highest BCUT2D eigenvalue weighted by atomic mass is 16.5. The maximum atomic E-state index is 12.6. The monoisotopic (exact) mass is 310 g/mol. The van der Waals surface area contributed by atoms with Crippen molar-refractivity contribution in [2.45, 2.75) is 13.3 Å². The number of rotatable bonds is 5. The average Bonchev–Trinajstić information content (AvgIpc) is 3.15. The van der Waals surface area contributed by atoms with Gasteiger partial charge in [-0.3, -0.25) is 4.79 Å². The first-order valence-electron chi connectivity index (χ1n) is 7.01. The molecule has 0 unspecified atom stereocenters. The van der Waals surface area contributed by atoms with E-state index in [-0.39, 0.29) is 17.9 Å². The summed E-state index contributed by atoms with van der Waals surface area (Å²) in [5.74, 6) is -0.781. The standard InChI is InChI=1S/C17H14N2O4/c1-10-15(16(19-23-10)12-5-3-2-4-6-12)14(20)8-11-7-13(17(21)22)18-9-11/h2-7,9,18H,8H2,1H3,(H,21,22). The van der Waals surface area contributed by atoms with Gasteiger partial charge in [0.05, 0.1) is 5.56 Å². The van der Waals surface area contributed by atoms with Gasteiger partial charge in [-0.1, -0.05) is 35.5 Å². The summed E-state index contributed by atoms with van der Waals surface area (Å²) in [5.41, 5.74) is 2.38. The van der Waals surface area contributed by atoms with Crippen molar-refractivity contribution in [3.8, 4) is 11.3 Å². The molecule has 2 aromatic heterocycles. The Labute approximate surface area is 131 Å². The predicted octanol–water partition coefficient (Wildman–Crippen LogP) is 3.10. The van der Waals surface area contributed by atoms with E-state index < -0.39 is 5.97 Å². The SMILES string of the molecule is Cc1onc(-c2ccccc2)c1C(=O)Cc1c[nH]c(C(=O)O)c1. The average molecular weight is 310 g/mol. The lowest BCUT2D eigenvalue weighted by molar-refractivity contribution is 0.0691. The number of aryl methyl sites for hydroxylation is 1. The minimum atomic E-state index is -1.06. The molecule has 6 nitrogen and oxygen atoms in total. The van der Waals surface area contributed by atoms with Crippen LogP contribution in [0.5, 0.6) is 0 Å². The Hall–Kier alpha value is -3.15. The van der Waals surface area contributed by atoms with Gasteiger partial charge >= 0.3 is 5.97 Å². The van der Waals surface area contributed by atoms with Gasteiger partial charge in [0, 0.05) is 18.2 Å². The van der Waals surface area contributed by atoms with Crippen molar-refractivity contribution in [1.82, 2.24) is 10.1 Å². The molecule has 3 rings (SSSR count). The quantitative estimate of drug-likeness (QED) is 0.706. The molecule has 0 saturated carbocycles. The molecule has 2 N–H and O–H groups in total. The third kappa shape index (κ3) is 2.91. The molecule has 0 atom stereocenters. The van der Waals surface area contributed by atoms with Gasteiger partial charge in [0.2, 0.25) is 0 Å². The molecule has 0 spiro atoms. The number of benzene rings is 1. The smallest absolute Gasteiger partial charge is 0.352 e. The molecule has 6 heteroatoms. The van der Waals surface area contributed by atoms with Gasteiger partial charge in [-0.15, -0.1) is 0 Å². The van der Waals surface area contributed by atoms with Gasteiger partial charge in [0.1, 0.15) is 17.1 Å². The number of Topliss-reactive ketones (excluding diaryl/α,β-unsaturated/α-hetero) is 1. The van der Waals surface area contributed by atoms with E-state index in [1.807, 2.05) is 30.3 Å². The second kappa shape index (κ2) is 5.92. The van der Waals surface area contributed by atoms with Gasteiger partial charge < -0.3 is 14.6 Å². The van der Waals surface area contributed by atoms with E-state index in [2.05, 4.69) is 10.1 Å². The summed E-state index contributed by atoms with van der Waals surface area (Å²) in [4.78, 5) is 26.1. The zero-order valence-corrected chi connectivity index (χ0v) is 12.4. The maximum Gasteiger partial charge on any atom is 0.352 e. The van der Waals surface area contributed by atoms with Gasteiger partial charge in [-0.2, -0.15) is 0 Å². The van der Waals surface area contributed by atoms with Crippen LogP contribution in [0.1, 0.15) is 32.2 Å². The van der Waals surface area contributed by atoms with Crippen LogP contribution >= 0.6 is 0 Å². The number of ketones is 1. The Kier molecular flexibility index (Phi) is 3.80. The number of hydrogen-bond donors (Lipinski definition) is 2. The summed E-state index contributed by atoms with van der Waals surface area (Å²) < 4.78 is 5.18. The number of nitrogens with one attached hydrogen (secondary N) is 1. The topological polar surface area (TPSA) is 96.2 Å². The Morgan fingerprint density at radius 2 is 2.00 bits per heavy atom. The fourth-order valence-electron chi connectivity index (χ4n) is 2.43. The lowest BCUT2D eigenvalue weighted by Gasteiger charge is -2.01. The summed E-state index contributed by atoms with van der Waals surface area (Å²) in [5, 5.41) is 12.9. The fourth-order valence-corrected chi connectivity index (χ4v) is 2.43. The molecule has 2 heterocycles. The molecule has 1 aromatic carbocycles. The number of carboxylic acids is 1. The molecule has 0 radical (unpaired) electrons. The van der Waals surface area contributed by atoms with E-state index >= 15 is 0 Å². The van der Waals surface area contributed by atoms with Crippen LogP contribution in [0.15, 0.2) is 47.1 Å². The van der Waals surface area contributed by atoms with Crippen molar-refractivity contribution in [1.29, 1.82) is 0 Å². The zero-order valence-electron chi connectivity index (χ0n) is 12.4. The number of aromatic nitrogens is 2. The highest BCUT2D eigenvalue weighted by Gasteiger charge is 2.22. The second-order valence-electron chi connectivity index (χ2n) is 5.16. The molecule has 3 aromatic rings. The first-order chi connectivity index (χ1) is 11.1. The molecule has 0 aliphatic carbocycles. The number of carbonyl (C=O) groups excluding carboxylic acids is 1. The summed E-state index contributed by atoms with van der Waals surface area (Å²) >= 11 is 0. The number of H-pyrrole nitrogens is 1. The summed E-state index contributed by atoms with van der Waals surface area (Å²) in [6.07, 6.45) is 1.60. The molecule has 0 aliphatic rings. The predicted molar refractivity (Wildman–Crippen MR) is 82.5 cm³/mol. The Bertz CT molecular complexity index is 862. The third-order valence-electron chi connectivity index (χ3n) is 3.53. The molecule has 23 heavy (non-hydrogen) atoms. The van der Waals surface area contributed by atoms with E-state index in [1.54, 1.807) is 6.92 Å². The van der Waals surface area contributed by atoms with Crippen molar-refractivity contribution >= 4 is 11.8 Å². The molecule has 0 bridgehead atoms. The number of carbonyl (C=O) groups is 2. The van der Waals surface area contributed by atoms with Crippen molar-refractivity contribution in [2.24, 2.45) is 0 Å². The first kappa shape index (κ1) is 14.8. The Balaban J connectivity index is 1.90. The van der Waals surface area contributed by atoms with Crippen molar-refractivity contribution in [3.63, 3.8) is 0 Å². The van der Waals surface area contributed by atoms with Crippen molar-refractivity contribution in [2.75, 3.05) is 0 Å². The number of nitrogens with zero attached hydrogens (tertiary/aromatic N) is 1. The normalized spacial score (nSPS) is 10.7. The van der Waals surface area contributed by atoms with Gasteiger partial charge in [-0.25, -0.2) is 4.79 Å². The zero-order chi connectivity index (χ0) is 16.4. The van der Waals surface area contributed by atoms with E-state index in [1.165, 1.54) is 12.3 Å². The minimum Gasteiger partial charge on any atom is -0.477 e. The van der Waals surface area contributed by atoms with E-state index in [9.17, 15) is 9.59 Å². The number of aromatic carboxylic acids is 1. The van der Waals surface area contributed by atoms with E-state index in [0.29, 0.717) is 22.6 Å². The van der Waals surface area contributed by atoms with Crippen LogP contribution in [0.3, 0.4) is 0 Å². The number of hydrogen-bond acceptors (Lipinski definition) is 4. The molecule has 0 amide bonds. The van der Waals surface area contributed by atoms with Crippen molar-refractivity contribution < 1.29 is 19.2 Å². The lowest BCUT2D eigenvalue weighted by Crippen LogP contribution is -2.05. The first-order valence-corrected chi connectivity index (χ1v) is 7.01. The van der Waals surface area contributed by atoms with Crippen LogP contribution < -0.4 is 0 Å². The maximum absolute atomic E-state index is 12.6. The Morgan fingerprint density at radius 3 is 2.65 bits per heavy atom. The highest BCUT2D eigenvalue weighted by molar-refractivity contribution is 6.03. The highest BCUT2D eigenvalue weighted by Crippen LogP contribution is 2.26. The molecular formula is C17H14N2O4. The van der Waals surface area contributed by atoms with Crippen LogP contribution in [0.25, 0.3) is 11.3 Å². The van der Waals surface area contributed by atoms with Crippen LogP contribution in [0.2, 0.25) is 0 Å².